The van der Waals surface area contributed by atoms with Crippen LogP contribution in [0.4, 0.5) is 0 Å². The topological polar surface area (TPSA) is 84.2 Å². The number of hydrogen-bond donors (Lipinski definition) is 0. The van der Waals surface area contributed by atoms with E-state index in [2.05, 4.69) is 46.2 Å². The maximum Gasteiger partial charge on any atom is 0.198 e. The first kappa shape index (κ1) is 23.7. The Kier molecular flexibility index (Phi) is 8.16. The van der Waals surface area contributed by atoms with Gasteiger partial charge in [-0.2, -0.15) is 0 Å². The van der Waals surface area contributed by atoms with Crippen molar-refractivity contribution in [1.29, 1.82) is 0 Å². The van der Waals surface area contributed by atoms with Crippen molar-refractivity contribution < 1.29 is 8.42 Å². The molecule has 1 aromatic carbocycles. The Hall–Kier alpha value is -1.55. The van der Waals surface area contributed by atoms with Crippen molar-refractivity contribution in [3.8, 4) is 0 Å². The number of aryl methyl sites for hydroxylation is 1. The number of hydrogen-bond acceptors (Lipinski definition) is 7. The van der Waals surface area contributed by atoms with E-state index in [-0.39, 0.29) is 24.3 Å². The molecule has 1 aromatic heterocycles. The van der Waals surface area contributed by atoms with Crippen molar-refractivity contribution >= 4 is 22.2 Å². The average Bonchev–Trinajstić information content (AvgIpc) is 3.08. The minimum Gasteiger partial charge on any atom is -0.304 e. The van der Waals surface area contributed by atoms with Gasteiger partial charge in [0, 0.05) is 26.2 Å². The normalized spacial score (nSPS) is 17.3. The van der Waals surface area contributed by atoms with Crippen molar-refractivity contribution in [2.75, 3.05) is 33.2 Å². The summed E-state index contributed by atoms with van der Waals surface area (Å²) in [5, 5.41) is 12.1. The van der Waals surface area contributed by atoms with Gasteiger partial charge < -0.3 is 4.90 Å². The van der Waals surface area contributed by atoms with Crippen LogP contribution in [0.2, 0.25) is 0 Å². The van der Waals surface area contributed by atoms with Crippen molar-refractivity contribution in [3.63, 3.8) is 0 Å². The van der Waals surface area contributed by atoms with Crippen LogP contribution in [0, 0.1) is 12.8 Å². The fraction of sp³-hybridized carbons (Fsp3) is 0.632. The third-order valence-corrected chi connectivity index (χ3v) is 6.78. The van der Waals surface area contributed by atoms with Gasteiger partial charge in [0.15, 0.2) is 21.5 Å². The number of piperazine rings is 1. The number of sulfone groups is 1. The van der Waals surface area contributed by atoms with Gasteiger partial charge in [0.25, 0.3) is 0 Å². The van der Waals surface area contributed by atoms with Crippen LogP contribution < -0.4 is 0 Å². The molecule has 2 heterocycles. The summed E-state index contributed by atoms with van der Waals surface area (Å²) >= 11 is 0. The van der Waals surface area contributed by atoms with E-state index < -0.39 is 9.84 Å². The van der Waals surface area contributed by atoms with Crippen molar-refractivity contribution in [2.45, 2.75) is 44.0 Å². The molecule has 0 N–H and O–H groups in total. The lowest BCUT2D eigenvalue weighted by molar-refractivity contribution is 0.0936. The summed E-state index contributed by atoms with van der Waals surface area (Å²) in [5.74, 6) is 0.832. The molecule has 1 aliphatic rings. The van der Waals surface area contributed by atoms with Crippen LogP contribution in [0.5, 0.6) is 0 Å². The lowest BCUT2D eigenvalue weighted by Gasteiger charge is -2.37. The smallest absolute Gasteiger partial charge is 0.198 e. The molecule has 8 nitrogen and oxygen atoms in total. The number of aromatic nitrogens is 4. The summed E-state index contributed by atoms with van der Waals surface area (Å²) in [6.45, 7) is 10.1. The van der Waals surface area contributed by atoms with Gasteiger partial charge >= 0.3 is 0 Å². The summed E-state index contributed by atoms with van der Waals surface area (Å²) in [6.07, 6.45) is 0.884. The molecule has 0 radical (unpaired) electrons. The number of nitrogens with zero attached hydrogens (tertiary/aromatic N) is 6. The van der Waals surface area contributed by atoms with Gasteiger partial charge in [-0.1, -0.05) is 31.5 Å². The fourth-order valence-electron chi connectivity index (χ4n) is 3.52. The Morgan fingerprint density at radius 1 is 1.07 bits per heavy atom. The summed E-state index contributed by atoms with van der Waals surface area (Å²) in [4.78, 5) is 4.97. The molecule has 0 saturated carbocycles. The summed E-state index contributed by atoms with van der Waals surface area (Å²) in [5.41, 5.74) is 1.02. The number of benzene rings is 1. The highest BCUT2D eigenvalue weighted by Crippen LogP contribution is 2.27. The van der Waals surface area contributed by atoms with Gasteiger partial charge in [0.2, 0.25) is 0 Å². The summed E-state index contributed by atoms with van der Waals surface area (Å²) < 4.78 is 27.2. The fourth-order valence-corrected chi connectivity index (χ4v) is 4.73. The molecule has 1 aliphatic heterocycles. The van der Waals surface area contributed by atoms with E-state index in [1.807, 2.05) is 6.92 Å². The number of likely N-dealkylation sites (N-methyl/N-ethyl adjacent to an activating group) is 1. The average molecular weight is 443 g/mol. The minimum atomic E-state index is -3.53. The van der Waals surface area contributed by atoms with E-state index in [1.165, 1.54) is 4.68 Å². The van der Waals surface area contributed by atoms with Crippen LogP contribution in [-0.4, -0.2) is 71.7 Å². The zero-order valence-electron chi connectivity index (χ0n) is 17.5. The molecule has 1 atom stereocenters. The van der Waals surface area contributed by atoms with Gasteiger partial charge in [-0.15, -0.1) is 17.5 Å². The standard InChI is InChI=1S/C19H30N6O2S.ClH/c1-15(2)13-18(24-11-9-23(4)10-12-24)19-20-21-22-25(19)14-28(26,27)17-7-5-16(3)6-8-17;/h5-8,15,18H,9-14H2,1-4H3;1H. The second-order valence-electron chi connectivity index (χ2n) is 8.08. The molecule has 10 heteroatoms. The van der Waals surface area contributed by atoms with Gasteiger partial charge in [0.1, 0.15) is 0 Å². The van der Waals surface area contributed by atoms with E-state index in [0.717, 1.165) is 38.2 Å². The molecular weight excluding hydrogens is 412 g/mol. The molecule has 29 heavy (non-hydrogen) atoms. The van der Waals surface area contributed by atoms with Gasteiger partial charge in [-0.25, -0.2) is 13.1 Å². The van der Waals surface area contributed by atoms with Crippen LogP contribution in [0.15, 0.2) is 29.2 Å². The maximum atomic E-state index is 12.9. The lowest BCUT2D eigenvalue weighted by Crippen LogP contribution is -2.46. The predicted molar refractivity (Wildman–Crippen MR) is 115 cm³/mol. The second-order valence-corrected chi connectivity index (χ2v) is 10.0. The highest BCUT2D eigenvalue weighted by atomic mass is 35.5. The third kappa shape index (κ3) is 5.97. The van der Waals surface area contributed by atoms with E-state index in [9.17, 15) is 8.42 Å². The van der Waals surface area contributed by atoms with E-state index in [1.54, 1.807) is 24.3 Å². The molecule has 0 aliphatic carbocycles. The predicted octanol–water partition coefficient (Wildman–Crippen LogP) is 2.17. The number of rotatable bonds is 7. The molecule has 0 bridgehead atoms. The molecule has 1 saturated heterocycles. The van der Waals surface area contributed by atoms with Crippen LogP contribution >= 0.6 is 12.4 Å². The first-order valence-corrected chi connectivity index (χ1v) is 11.4. The van der Waals surface area contributed by atoms with Crippen molar-refractivity contribution in [3.05, 3.63) is 35.7 Å². The van der Waals surface area contributed by atoms with Crippen molar-refractivity contribution in [2.24, 2.45) is 5.92 Å². The monoisotopic (exact) mass is 442 g/mol. The number of halogens is 1. The SMILES string of the molecule is Cc1ccc(S(=O)(=O)Cn2nnnc2C(CC(C)C)N2CCN(C)CC2)cc1.Cl. The minimum absolute atomic E-state index is 0. The van der Waals surface area contributed by atoms with E-state index >= 15 is 0 Å². The summed E-state index contributed by atoms with van der Waals surface area (Å²) in [6, 6.07) is 6.90. The highest BCUT2D eigenvalue weighted by molar-refractivity contribution is 7.90. The quantitative estimate of drug-likeness (QED) is 0.649. The lowest BCUT2D eigenvalue weighted by atomic mass is 10.0. The van der Waals surface area contributed by atoms with Crippen LogP contribution in [0.3, 0.4) is 0 Å². The van der Waals surface area contributed by atoms with E-state index in [4.69, 9.17) is 0 Å². The third-order valence-electron chi connectivity index (χ3n) is 5.20. The zero-order valence-corrected chi connectivity index (χ0v) is 19.2. The van der Waals surface area contributed by atoms with Crippen LogP contribution in [0.1, 0.15) is 37.7 Å². The van der Waals surface area contributed by atoms with Gasteiger partial charge in [0.05, 0.1) is 10.9 Å². The first-order valence-electron chi connectivity index (χ1n) is 9.74. The Balaban J connectivity index is 0.00000300. The zero-order chi connectivity index (χ0) is 20.3. The van der Waals surface area contributed by atoms with E-state index in [0.29, 0.717) is 16.6 Å². The molecule has 1 unspecified atom stereocenters. The molecule has 162 valence electrons. The Labute approximate surface area is 179 Å². The molecule has 0 amide bonds. The van der Waals surface area contributed by atoms with Crippen molar-refractivity contribution in [1.82, 2.24) is 30.0 Å². The van der Waals surface area contributed by atoms with Gasteiger partial charge in [-0.05, 0) is 48.9 Å². The van der Waals surface area contributed by atoms with Gasteiger partial charge in [-0.3, -0.25) is 4.90 Å². The summed E-state index contributed by atoms with van der Waals surface area (Å²) in [7, 11) is -1.41. The Bertz CT molecular complexity index is 876. The molecular formula is C19H31ClN6O2S. The largest absolute Gasteiger partial charge is 0.304 e. The second kappa shape index (κ2) is 9.97. The molecule has 2 aromatic rings. The number of tetrazole rings is 1. The molecule has 3 rings (SSSR count). The maximum absolute atomic E-state index is 12.9. The first-order chi connectivity index (χ1) is 13.3. The van der Waals surface area contributed by atoms with Crippen LogP contribution in [-0.2, 0) is 15.7 Å². The van der Waals surface area contributed by atoms with Crippen LogP contribution in [0.25, 0.3) is 0 Å². The Morgan fingerprint density at radius 2 is 1.69 bits per heavy atom. The Morgan fingerprint density at radius 3 is 2.28 bits per heavy atom. The molecule has 1 fully saturated rings. The molecule has 0 spiro atoms. The highest BCUT2D eigenvalue weighted by Gasteiger charge is 2.30.